The zero-order valence-corrected chi connectivity index (χ0v) is 13.5. The van der Waals surface area contributed by atoms with Gasteiger partial charge in [0.05, 0.1) is 5.75 Å². The van der Waals surface area contributed by atoms with Crippen LogP contribution in [0.5, 0.6) is 0 Å². The highest BCUT2D eigenvalue weighted by Crippen LogP contribution is 2.26. The molecule has 1 fully saturated rings. The Bertz CT molecular complexity index is 419. The van der Waals surface area contributed by atoms with E-state index in [0.29, 0.717) is 0 Å². The van der Waals surface area contributed by atoms with Crippen LogP contribution >= 0.6 is 0 Å². The Balaban J connectivity index is 2.50. The summed E-state index contributed by atoms with van der Waals surface area (Å²) in [7, 11) is -3.50. The average molecular weight is 305 g/mol. The van der Waals surface area contributed by atoms with Crippen molar-refractivity contribution in [2.24, 2.45) is 11.7 Å². The van der Waals surface area contributed by atoms with Gasteiger partial charge in [-0.25, -0.2) is 8.42 Å². The SMILES string of the molecule is CC(C)(C)OC(=O)CS(=O)(=O)CC(N)C1CCCCC1. The van der Waals surface area contributed by atoms with Crippen molar-refractivity contribution in [2.45, 2.75) is 64.5 Å². The summed E-state index contributed by atoms with van der Waals surface area (Å²) in [6.45, 7) is 5.14. The summed E-state index contributed by atoms with van der Waals surface area (Å²) in [5.41, 5.74) is 5.34. The highest BCUT2D eigenvalue weighted by Gasteiger charge is 2.28. The van der Waals surface area contributed by atoms with E-state index in [2.05, 4.69) is 0 Å². The lowest BCUT2D eigenvalue weighted by Gasteiger charge is -2.27. The van der Waals surface area contributed by atoms with E-state index in [9.17, 15) is 13.2 Å². The van der Waals surface area contributed by atoms with E-state index in [4.69, 9.17) is 10.5 Å². The van der Waals surface area contributed by atoms with Crippen molar-refractivity contribution in [3.8, 4) is 0 Å². The summed E-state index contributed by atoms with van der Waals surface area (Å²) in [5, 5.41) is 0. The van der Waals surface area contributed by atoms with E-state index >= 15 is 0 Å². The molecule has 0 spiro atoms. The van der Waals surface area contributed by atoms with Crippen molar-refractivity contribution in [2.75, 3.05) is 11.5 Å². The van der Waals surface area contributed by atoms with Crippen molar-refractivity contribution in [1.82, 2.24) is 0 Å². The molecule has 1 atom stereocenters. The number of nitrogens with two attached hydrogens (primary N) is 1. The third kappa shape index (κ3) is 6.70. The lowest BCUT2D eigenvalue weighted by molar-refractivity contribution is -0.151. The highest BCUT2D eigenvalue weighted by atomic mass is 32.2. The topological polar surface area (TPSA) is 86.5 Å². The largest absolute Gasteiger partial charge is 0.459 e. The van der Waals surface area contributed by atoms with Gasteiger partial charge in [-0.15, -0.1) is 0 Å². The van der Waals surface area contributed by atoms with Crippen molar-refractivity contribution in [3.05, 3.63) is 0 Å². The van der Waals surface area contributed by atoms with Gasteiger partial charge in [0.1, 0.15) is 11.4 Å². The molecular weight excluding hydrogens is 278 g/mol. The summed E-state index contributed by atoms with van der Waals surface area (Å²) in [4.78, 5) is 11.6. The van der Waals surface area contributed by atoms with Crippen LogP contribution in [0.25, 0.3) is 0 Å². The van der Waals surface area contributed by atoms with Crippen molar-refractivity contribution in [3.63, 3.8) is 0 Å². The molecule has 0 saturated heterocycles. The monoisotopic (exact) mass is 305 g/mol. The second-order valence-corrected chi connectivity index (χ2v) is 8.81. The molecule has 5 nitrogen and oxygen atoms in total. The summed E-state index contributed by atoms with van der Waals surface area (Å²) >= 11 is 0. The van der Waals surface area contributed by atoms with Gasteiger partial charge in [-0.05, 0) is 39.5 Å². The fraction of sp³-hybridized carbons (Fsp3) is 0.929. The zero-order valence-electron chi connectivity index (χ0n) is 12.7. The van der Waals surface area contributed by atoms with Crippen LogP contribution in [0.1, 0.15) is 52.9 Å². The van der Waals surface area contributed by atoms with Crippen LogP contribution in [0.4, 0.5) is 0 Å². The highest BCUT2D eigenvalue weighted by molar-refractivity contribution is 7.92. The maximum atomic E-state index is 12.0. The van der Waals surface area contributed by atoms with Crippen LogP contribution in [0, 0.1) is 5.92 Å². The molecule has 2 N–H and O–H groups in total. The standard InChI is InChI=1S/C14H27NO4S/c1-14(2,3)19-13(16)10-20(17,18)9-12(15)11-7-5-4-6-8-11/h11-12H,4-10,15H2,1-3H3. The van der Waals surface area contributed by atoms with Crippen LogP contribution in [0.3, 0.4) is 0 Å². The third-order valence-electron chi connectivity index (χ3n) is 3.46. The van der Waals surface area contributed by atoms with Gasteiger partial charge in [-0.1, -0.05) is 19.3 Å². The Hall–Kier alpha value is -0.620. The van der Waals surface area contributed by atoms with Gasteiger partial charge in [0.2, 0.25) is 0 Å². The molecule has 1 unspecified atom stereocenters. The van der Waals surface area contributed by atoms with Crippen LogP contribution < -0.4 is 5.73 Å². The van der Waals surface area contributed by atoms with Gasteiger partial charge in [0.15, 0.2) is 9.84 Å². The summed E-state index contributed by atoms with van der Waals surface area (Å²) in [5.74, 6) is -1.15. The molecule has 0 aromatic heterocycles. The van der Waals surface area contributed by atoms with Gasteiger partial charge >= 0.3 is 5.97 Å². The molecule has 1 aliphatic carbocycles. The van der Waals surface area contributed by atoms with Crippen LogP contribution in [0.2, 0.25) is 0 Å². The van der Waals surface area contributed by atoms with Gasteiger partial charge in [-0.3, -0.25) is 4.79 Å². The molecule has 0 bridgehead atoms. The molecule has 0 aromatic rings. The molecule has 1 saturated carbocycles. The Morgan fingerprint density at radius 3 is 2.30 bits per heavy atom. The molecule has 118 valence electrons. The first kappa shape index (κ1) is 17.4. The molecule has 6 heteroatoms. The average Bonchev–Trinajstić information content (AvgIpc) is 2.25. The van der Waals surface area contributed by atoms with Gasteiger partial charge in [-0.2, -0.15) is 0 Å². The van der Waals surface area contributed by atoms with E-state index in [1.54, 1.807) is 20.8 Å². The van der Waals surface area contributed by atoms with E-state index < -0.39 is 27.2 Å². The second kappa shape index (κ2) is 6.89. The predicted octanol–water partition coefficient (Wildman–Crippen LogP) is 1.65. The van der Waals surface area contributed by atoms with Crippen LogP contribution in [-0.4, -0.2) is 37.5 Å². The fourth-order valence-electron chi connectivity index (χ4n) is 2.60. The number of ether oxygens (including phenoxy) is 1. The number of esters is 1. The van der Waals surface area contributed by atoms with Gasteiger partial charge in [0, 0.05) is 6.04 Å². The number of sulfone groups is 1. The van der Waals surface area contributed by atoms with E-state index in [1.807, 2.05) is 0 Å². The summed E-state index contributed by atoms with van der Waals surface area (Å²) in [6, 6.07) is -0.372. The quantitative estimate of drug-likeness (QED) is 0.780. The Kier molecular flexibility index (Phi) is 6.01. The Labute approximate surface area is 122 Å². The van der Waals surface area contributed by atoms with Gasteiger partial charge in [0.25, 0.3) is 0 Å². The molecule has 1 aliphatic rings. The number of hydrogen-bond donors (Lipinski definition) is 1. The molecule has 0 aliphatic heterocycles. The fourth-order valence-corrected chi connectivity index (χ4v) is 4.00. The van der Waals surface area contributed by atoms with Gasteiger partial charge < -0.3 is 10.5 Å². The minimum atomic E-state index is -3.50. The summed E-state index contributed by atoms with van der Waals surface area (Å²) < 4.78 is 29.0. The molecular formula is C14H27NO4S. The minimum Gasteiger partial charge on any atom is -0.459 e. The maximum Gasteiger partial charge on any atom is 0.321 e. The number of carbonyl (C=O) groups is 1. The van der Waals surface area contributed by atoms with Crippen molar-refractivity contribution >= 4 is 15.8 Å². The first-order valence-corrected chi connectivity index (χ1v) is 9.09. The molecule has 0 aromatic carbocycles. The molecule has 0 amide bonds. The number of hydrogen-bond acceptors (Lipinski definition) is 5. The molecule has 0 radical (unpaired) electrons. The van der Waals surface area contributed by atoms with E-state index in [1.165, 1.54) is 6.42 Å². The van der Waals surface area contributed by atoms with Crippen LogP contribution in [0.15, 0.2) is 0 Å². The molecule has 20 heavy (non-hydrogen) atoms. The summed E-state index contributed by atoms with van der Waals surface area (Å²) in [6.07, 6.45) is 5.41. The zero-order chi connectivity index (χ0) is 15.4. The smallest absolute Gasteiger partial charge is 0.321 e. The number of rotatable bonds is 5. The Morgan fingerprint density at radius 1 is 1.25 bits per heavy atom. The number of carbonyl (C=O) groups excluding carboxylic acids is 1. The maximum absolute atomic E-state index is 12.0. The normalized spacial score (nSPS) is 19.6. The minimum absolute atomic E-state index is 0.128. The van der Waals surface area contributed by atoms with Crippen LogP contribution in [-0.2, 0) is 19.4 Å². The molecule has 1 rings (SSSR count). The molecule has 0 heterocycles. The lowest BCUT2D eigenvalue weighted by Crippen LogP contribution is -2.40. The third-order valence-corrected chi connectivity index (χ3v) is 5.03. The van der Waals surface area contributed by atoms with Crippen molar-refractivity contribution in [1.29, 1.82) is 0 Å². The van der Waals surface area contributed by atoms with E-state index in [0.717, 1.165) is 25.7 Å². The van der Waals surface area contributed by atoms with E-state index in [-0.39, 0.29) is 17.7 Å². The lowest BCUT2D eigenvalue weighted by atomic mass is 9.85. The first-order valence-electron chi connectivity index (χ1n) is 7.27. The first-order chi connectivity index (χ1) is 9.09. The van der Waals surface area contributed by atoms with Crippen molar-refractivity contribution < 1.29 is 17.9 Å². The second-order valence-electron chi connectivity index (χ2n) is 6.70. The predicted molar refractivity (Wildman–Crippen MR) is 79.0 cm³/mol. The Morgan fingerprint density at radius 2 is 1.80 bits per heavy atom.